The number of esters is 3. The fourth-order valence-electron chi connectivity index (χ4n) is 8.09. The highest BCUT2D eigenvalue weighted by Crippen LogP contribution is 2.17. The van der Waals surface area contributed by atoms with E-state index in [1.807, 2.05) is 0 Å². The Hall–Kier alpha value is -1.59. The fraction of sp³-hybridized carbons (Fsp3) is 0.943. The monoisotopic (exact) mass is 835 g/mol. The van der Waals surface area contributed by atoms with Crippen LogP contribution in [0.15, 0.2) is 0 Å². The first-order chi connectivity index (χ1) is 29.0. The molecule has 0 spiro atoms. The molecule has 0 heterocycles. The van der Waals surface area contributed by atoms with Crippen molar-refractivity contribution in [3.05, 3.63) is 0 Å². The summed E-state index contributed by atoms with van der Waals surface area (Å²) < 4.78 is 16.8. The molecule has 0 aliphatic carbocycles. The first kappa shape index (κ1) is 57.4. The van der Waals surface area contributed by atoms with Crippen molar-refractivity contribution in [2.75, 3.05) is 13.2 Å². The van der Waals surface area contributed by atoms with Gasteiger partial charge in [-0.3, -0.25) is 14.4 Å². The van der Waals surface area contributed by atoms with Crippen LogP contribution in [-0.4, -0.2) is 37.2 Å². The maximum absolute atomic E-state index is 12.8. The predicted octanol–water partition coefficient (Wildman–Crippen LogP) is 17.2. The summed E-state index contributed by atoms with van der Waals surface area (Å²) in [6.07, 6.45) is 52.2. The van der Waals surface area contributed by atoms with Gasteiger partial charge in [-0.15, -0.1) is 0 Å². The minimum Gasteiger partial charge on any atom is -0.462 e. The van der Waals surface area contributed by atoms with E-state index in [4.69, 9.17) is 14.2 Å². The van der Waals surface area contributed by atoms with Crippen LogP contribution in [0.2, 0.25) is 0 Å². The minimum absolute atomic E-state index is 0.0616. The maximum atomic E-state index is 12.8. The van der Waals surface area contributed by atoms with Crippen LogP contribution < -0.4 is 0 Å². The summed E-state index contributed by atoms with van der Waals surface area (Å²) in [5, 5.41) is 0. The summed E-state index contributed by atoms with van der Waals surface area (Å²) in [5.41, 5.74) is 0. The summed E-state index contributed by atoms with van der Waals surface area (Å²) in [6.45, 7) is 6.68. The molecule has 0 saturated heterocycles. The van der Waals surface area contributed by atoms with Gasteiger partial charge in [0.25, 0.3) is 0 Å². The lowest BCUT2D eigenvalue weighted by molar-refractivity contribution is -0.167. The number of unbranched alkanes of at least 4 members (excludes halogenated alkanes) is 38. The molecule has 0 N–H and O–H groups in total. The van der Waals surface area contributed by atoms with Gasteiger partial charge in [-0.2, -0.15) is 0 Å². The van der Waals surface area contributed by atoms with Crippen LogP contribution in [0.25, 0.3) is 0 Å². The Morgan fingerprint density at radius 1 is 0.271 bits per heavy atom. The van der Waals surface area contributed by atoms with Crippen molar-refractivity contribution in [1.82, 2.24) is 0 Å². The molecule has 0 radical (unpaired) electrons. The van der Waals surface area contributed by atoms with Gasteiger partial charge < -0.3 is 14.2 Å². The SMILES string of the molecule is CCCCCCCCCCCCCCCCCCC(=O)O[C@H](COC(=O)CCCCCCCCCCCCCC)COC(=O)CCCCCCCCCCCCCCC. The molecule has 0 aromatic carbocycles. The Morgan fingerprint density at radius 3 is 0.678 bits per heavy atom. The Kier molecular flexibility index (Phi) is 47.7. The predicted molar refractivity (Wildman–Crippen MR) is 252 cm³/mol. The van der Waals surface area contributed by atoms with Gasteiger partial charge in [0.05, 0.1) is 0 Å². The smallest absolute Gasteiger partial charge is 0.306 e. The molecular formula is C53H102O6. The number of rotatable bonds is 49. The lowest BCUT2D eigenvalue weighted by Gasteiger charge is -2.18. The van der Waals surface area contributed by atoms with Crippen molar-refractivity contribution in [2.24, 2.45) is 0 Å². The van der Waals surface area contributed by atoms with Crippen molar-refractivity contribution in [3.63, 3.8) is 0 Å². The molecule has 0 aliphatic rings. The topological polar surface area (TPSA) is 78.9 Å². The first-order valence-electron chi connectivity index (χ1n) is 26.5. The number of hydrogen-bond acceptors (Lipinski definition) is 6. The van der Waals surface area contributed by atoms with E-state index in [9.17, 15) is 14.4 Å². The number of ether oxygens (including phenoxy) is 3. The molecule has 350 valence electrons. The molecule has 0 amide bonds. The van der Waals surface area contributed by atoms with Gasteiger partial charge in [0, 0.05) is 19.3 Å². The third-order valence-electron chi connectivity index (χ3n) is 12.1. The molecule has 0 unspecified atom stereocenters. The molecule has 6 heteroatoms. The van der Waals surface area contributed by atoms with Gasteiger partial charge in [-0.1, -0.05) is 265 Å². The van der Waals surface area contributed by atoms with Crippen molar-refractivity contribution in [1.29, 1.82) is 0 Å². The normalized spacial score (nSPS) is 11.8. The standard InChI is InChI=1S/C53H102O6/c1-4-7-10-13-16-19-22-25-26-27-29-32-35-38-41-44-47-53(56)59-50(48-57-51(54)45-42-39-36-33-30-24-21-18-15-12-9-6-3)49-58-52(55)46-43-40-37-34-31-28-23-20-17-14-11-8-5-2/h50H,4-49H2,1-3H3/t50-/m1/s1. The van der Waals surface area contributed by atoms with E-state index in [1.165, 1.54) is 205 Å². The Labute approximate surface area is 368 Å². The van der Waals surface area contributed by atoms with Crippen molar-refractivity contribution >= 4 is 17.9 Å². The van der Waals surface area contributed by atoms with Gasteiger partial charge in [0.2, 0.25) is 0 Å². The van der Waals surface area contributed by atoms with E-state index in [1.54, 1.807) is 0 Å². The Morgan fingerprint density at radius 2 is 0.458 bits per heavy atom. The second-order valence-corrected chi connectivity index (χ2v) is 18.2. The summed E-state index contributed by atoms with van der Waals surface area (Å²) >= 11 is 0. The molecule has 1 atom stereocenters. The van der Waals surface area contributed by atoms with E-state index in [-0.39, 0.29) is 31.1 Å². The van der Waals surface area contributed by atoms with Gasteiger partial charge in [0.15, 0.2) is 6.10 Å². The van der Waals surface area contributed by atoms with Crippen molar-refractivity contribution in [2.45, 2.75) is 309 Å². The first-order valence-corrected chi connectivity index (χ1v) is 26.5. The average Bonchev–Trinajstić information content (AvgIpc) is 3.23. The lowest BCUT2D eigenvalue weighted by Crippen LogP contribution is -2.30. The minimum atomic E-state index is -0.759. The van der Waals surface area contributed by atoms with Crippen LogP contribution in [0, 0.1) is 0 Å². The van der Waals surface area contributed by atoms with Crippen LogP contribution in [0.5, 0.6) is 0 Å². The molecule has 0 fully saturated rings. The van der Waals surface area contributed by atoms with Gasteiger partial charge >= 0.3 is 17.9 Å². The molecule has 0 rings (SSSR count). The molecule has 59 heavy (non-hydrogen) atoms. The number of hydrogen-bond donors (Lipinski definition) is 0. The van der Waals surface area contributed by atoms with Gasteiger partial charge in [-0.05, 0) is 19.3 Å². The van der Waals surface area contributed by atoms with E-state index >= 15 is 0 Å². The molecule has 0 saturated carbocycles. The van der Waals surface area contributed by atoms with Crippen LogP contribution >= 0.6 is 0 Å². The lowest BCUT2D eigenvalue weighted by atomic mass is 10.0. The van der Waals surface area contributed by atoms with Crippen LogP contribution in [0.4, 0.5) is 0 Å². The average molecular weight is 835 g/mol. The quantitative estimate of drug-likeness (QED) is 0.0345. The fourth-order valence-corrected chi connectivity index (χ4v) is 8.09. The van der Waals surface area contributed by atoms with Crippen LogP contribution in [0.3, 0.4) is 0 Å². The van der Waals surface area contributed by atoms with E-state index < -0.39 is 6.10 Å². The van der Waals surface area contributed by atoms with Crippen LogP contribution in [-0.2, 0) is 28.6 Å². The van der Waals surface area contributed by atoms with Crippen molar-refractivity contribution < 1.29 is 28.6 Å². The molecule has 0 aromatic rings. The highest BCUT2D eigenvalue weighted by Gasteiger charge is 2.19. The summed E-state index contributed by atoms with van der Waals surface area (Å²) in [5.74, 6) is -0.839. The maximum Gasteiger partial charge on any atom is 0.306 e. The summed E-state index contributed by atoms with van der Waals surface area (Å²) in [7, 11) is 0. The van der Waals surface area contributed by atoms with Gasteiger partial charge in [0.1, 0.15) is 13.2 Å². The van der Waals surface area contributed by atoms with Gasteiger partial charge in [-0.25, -0.2) is 0 Å². The largest absolute Gasteiger partial charge is 0.462 e. The Bertz CT molecular complexity index is 874. The second kappa shape index (κ2) is 49.1. The zero-order valence-electron chi connectivity index (χ0n) is 40.1. The second-order valence-electron chi connectivity index (χ2n) is 18.2. The summed E-state index contributed by atoms with van der Waals surface area (Å²) in [4.78, 5) is 37.9. The van der Waals surface area contributed by atoms with E-state index in [2.05, 4.69) is 20.8 Å². The number of carbonyl (C=O) groups is 3. The van der Waals surface area contributed by atoms with Crippen molar-refractivity contribution in [3.8, 4) is 0 Å². The highest BCUT2D eigenvalue weighted by atomic mass is 16.6. The molecule has 0 aromatic heterocycles. The third-order valence-corrected chi connectivity index (χ3v) is 12.1. The third kappa shape index (κ3) is 47.3. The van der Waals surface area contributed by atoms with Crippen LogP contribution in [0.1, 0.15) is 303 Å². The molecule has 0 aliphatic heterocycles. The molecule has 0 bridgehead atoms. The zero-order valence-corrected chi connectivity index (χ0v) is 40.1. The van der Waals surface area contributed by atoms with E-state index in [0.29, 0.717) is 19.3 Å². The highest BCUT2D eigenvalue weighted by molar-refractivity contribution is 5.71. The molecule has 6 nitrogen and oxygen atoms in total. The number of carbonyl (C=O) groups excluding carboxylic acids is 3. The zero-order chi connectivity index (χ0) is 43.0. The summed E-state index contributed by atoms with van der Waals surface area (Å²) in [6, 6.07) is 0. The Balaban J connectivity index is 4.30. The van der Waals surface area contributed by atoms with E-state index in [0.717, 1.165) is 57.8 Å². The molecular weight excluding hydrogens is 733 g/mol.